The van der Waals surface area contributed by atoms with Crippen molar-refractivity contribution in [3.05, 3.63) is 41.5 Å². The molecule has 2 amide bonds. The van der Waals surface area contributed by atoms with Crippen molar-refractivity contribution in [1.82, 2.24) is 9.88 Å². The third-order valence-electron chi connectivity index (χ3n) is 4.87. The summed E-state index contributed by atoms with van der Waals surface area (Å²) in [7, 11) is 3.13. The zero-order valence-electron chi connectivity index (χ0n) is 16.3. The highest BCUT2D eigenvalue weighted by Gasteiger charge is 2.32. The van der Waals surface area contributed by atoms with Crippen molar-refractivity contribution in [2.45, 2.75) is 17.0 Å². The first-order valence-corrected chi connectivity index (χ1v) is 11.0. The summed E-state index contributed by atoms with van der Waals surface area (Å²) >= 11 is 3.19. The molecule has 4 rings (SSSR count). The van der Waals surface area contributed by atoms with E-state index in [9.17, 15) is 9.90 Å². The number of β-amino-alcohol motifs (C(OH)–C–C–N with tert-alkyl or cyclic N) is 1. The average Bonchev–Trinajstić information content (AvgIpc) is 3.15. The minimum Gasteiger partial charge on any atom is -0.496 e. The van der Waals surface area contributed by atoms with Crippen LogP contribution in [0.15, 0.2) is 34.7 Å². The number of carbonyl (C=O) groups is 1. The number of aliphatic hydroxyl groups excluding tert-OH is 1. The van der Waals surface area contributed by atoms with Crippen molar-refractivity contribution >= 4 is 45.0 Å². The Hall–Kier alpha value is -2.49. The van der Waals surface area contributed by atoms with Crippen molar-refractivity contribution in [3.63, 3.8) is 0 Å². The lowest BCUT2D eigenvalue weighted by Gasteiger charge is -2.34. The maximum Gasteiger partial charge on any atom is 0.322 e. The first-order chi connectivity index (χ1) is 14.0. The van der Waals surface area contributed by atoms with Crippen LogP contribution < -0.4 is 14.8 Å². The smallest absolute Gasteiger partial charge is 0.322 e. The number of benzene rings is 2. The number of nitrogens with zero attached hydrogens (tertiary/aromatic N) is 2. The van der Waals surface area contributed by atoms with Crippen molar-refractivity contribution in [2.24, 2.45) is 0 Å². The van der Waals surface area contributed by atoms with Crippen molar-refractivity contribution in [3.8, 4) is 11.5 Å². The highest BCUT2D eigenvalue weighted by Crippen LogP contribution is 2.39. The summed E-state index contributed by atoms with van der Waals surface area (Å²) in [6.45, 7) is 0.486. The number of aliphatic hydroxyl groups is 1. The number of urea groups is 1. The second-order valence-corrected chi connectivity index (χ2v) is 8.64. The predicted molar refractivity (Wildman–Crippen MR) is 115 cm³/mol. The van der Waals surface area contributed by atoms with E-state index >= 15 is 0 Å². The minimum absolute atomic E-state index is 0.168. The lowest BCUT2D eigenvalue weighted by atomic mass is 9.95. The van der Waals surface area contributed by atoms with Crippen LogP contribution >= 0.6 is 23.1 Å². The van der Waals surface area contributed by atoms with E-state index in [-0.39, 0.29) is 12.6 Å². The second-order valence-electron chi connectivity index (χ2n) is 6.56. The summed E-state index contributed by atoms with van der Waals surface area (Å²) in [6.07, 6.45) is 1.13. The number of thiazole rings is 1. The molecule has 1 aromatic heterocycles. The van der Waals surface area contributed by atoms with Crippen LogP contribution in [0.25, 0.3) is 10.2 Å². The van der Waals surface area contributed by atoms with Gasteiger partial charge in [0, 0.05) is 16.8 Å². The van der Waals surface area contributed by atoms with Crippen LogP contribution in [0, 0.1) is 0 Å². The number of nitrogens with one attached hydrogen (secondary N) is 1. The zero-order chi connectivity index (χ0) is 20.5. The molecule has 7 nitrogen and oxygen atoms in total. The molecule has 0 fully saturated rings. The molecule has 0 saturated carbocycles. The fraction of sp³-hybridized carbons (Fsp3) is 0.300. The average molecular weight is 432 g/mol. The number of amides is 2. The number of thioether (sulfide) groups is 1. The van der Waals surface area contributed by atoms with E-state index in [1.807, 2.05) is 24.5 Å². The molecule has 0 radical (unpaired) electrons. The summed E-state index contributed by atoms with van der Waals surface area (Å²) in [4.78, 5) is 19.0. The summed E-state index contributed by atoms with van der Waals surface area (Å²) < 4.78 is 12.8. The Kier molecular flexibility index (Phi) is 5.53. The SMILES string of the molecule is COc1ccc(OC)c2c1CN(C(=O)Nc1ccc3nc(SC)sc3c1)C[C@@H]2O. The zero-order valence-corrected chi connectivity index (χ0v) is 17.9. The molecule has 1 atom stereocenters. The molecule has 2 N–H and O–H groups in total. The Morgan fingerprint density at radius 1 is 1.28 bits per heavy atom. The van der Waals surface area contributed by atoms with E-state index in [0.717, 1.165) is 20.1 Å². The molecular weight excluding hydrogens is 410 g/mol. The Morgan fingerprint density at radius 3 is 2.76 bits per heavy atom. The number of ether oxygens (including phenoxy) is 2. The summed E-state index contributed by atoms with van der Waals surface area (Å²) in [6, 6.07) is 8.92. The fourth-order valence-corrected chi connectivity index (χ4v) is 5.03. The molecule has 0 aliphatic carbocycles. The van der Waals surface area contributed by atoms with Gasteiger partial charge >= 0.3 is 6.03 Å². The molecule has 2 heterocycles. The molecule has 0 bridgehead atoms. The number of hydrogen-bond donors (Lipinski definition) is 2. The quantitative estimate of drug-likeness (QED) is 0.605. The molecule has 1 aliphatic heterocycles. The van der Waals surface area contributed by atoms with Crippen LogP contribution in [0.5, 0.6) is 11.5 Å². The molecule has 152 valence electrons. The lowest BCUT2D eigenvalue weighted by molar-refractivity contribution is 0.105. The van der Waals surface area contributed by atoms with Gasteiger partial charge in [-0.25, -0.2) is 9.78 Å². The molecule has 29 heavy (non-hydrogen) atoms. The molecule has 0 unspecified atom stereocenters. The highest BCUT2D eigenvalue weighted by atomic mass is 32.2. The number of carbonyl (C=O) groups excluding carboxylic acids is 1. The van der Waals surface area contributed by atoms with Crippen LogP contribution in [0.2, 0.25) is 0 Å². The van der Waals surface area contributed by atoms with Gasteiger partial charge < -0.3 is 24.8 Å². The second kappa shape index (κ2) is 8.10. The third kappa shape index (κ3) is 3.73. The van der Waals surface area contributed by atoms with Crippen molar-refractivity contribution in [1.29, 1.82) is 0 Å². The fourth-order valence-electron chi connectivity index (χ4n) is 3.50. The Labute approximate surface area is 176 Å². The number of fused-ring (bicyclic) bond motifs is 2. The van der Waals surface area contributed by atoms with Gasteiger partial charge in [0.25, 0.3) is 0 Å². The van der Waals surface area contributed by atoms with Crippen LogP contribution in [-0.2, 0) is 6.54 Å². The van der Waals surface area contributed by atoms with Gasteiger partial charge in [-0.2, -0.15) is 0 Å². The molecule has 2 aromatic carbocycles. The number of hydrogen-bond acceptors (Lipinski definition) is 7. The van der Waals surface area contributed by atoms with Gasteiger partial charge in [0.15, 0.2) is 4.34 Å². The van der Waals surface area contributed by atoms with Gasteiger partial charge in [-0.1, -0.05) is 11.8 Å². The third-order valence-corrected chi connectivity index (χ3v) is 6.87. The maximum absolute atomic E-state index is 12.9. The van der Waals surface area contributed by atoms with E-state index < -0.39 is 6.10 Å². The van der Waals surface area contributed by atoms with E-state index in [1.54, 1.807) is 54.4 Å². The first kappa shape index (κ1) is 19.8. The summed E-state index contributed by atoms with van der Waals surface area (Å²) in [5.74, 6) is 1.21. The van der Waals surface area contributed by atoms with Gasteiger partial charge in [-0.3, -0.25) is 0 Å². The molecule has 0 saturated heterocycles. The van der Waals surface area contributed by atoms with Gasteiger partial charge in [-0.15, -0.1) is 11.3 Å². The predicted octanol–water partition coefficient (Wildman–Crippen LogP) is 4.12. The van der Waals surface area contributed by atoms with Gasteiger partial charge in [0.1, 0.15) is 17.6 Å². The van der Waals surface area contributed by atoms with E-state index in [4.69, 9.17) is 9.47 Å². The number of aromatic nitrogens is 1. The number of anilines is 1. The topological polar surface area (TPSA) is 83.9 Å². The number of methoxy groups -OCH3 is 2. The first-order valence-electron chi connectivity index (χ1n) is 8.96. The number of rotatable bonds is 4. The normalized spacial score (nSPS) is 15.9. The minimum atomic E-state index is -0.859. The van der Waals surface area contributed by atoms with Crippen LogP contribution in [0.1, 0.15) is 17.2 Å². The van der Waals surface area contributed by atoms with E-state index in [1.165, 1.54) is 0 Å². The Bertz CT molecular complexity index is 1070. The summed E-state index contributed by atoms with van der Waals surface area (Å²) in [5.41, 5.74) is 3.03. The molecule has 9 heteroatoms. The van der Waals surface area contributed by atoms with Crippen LogP contribution in [-0.4, -0.2) is 48.0 Å². The largest absolute Gasteiger partial charge is 0.496 e. The Balaban J connectivity index is 1.57. The molecule has 3 aromatic rings. The monoisotopic (exact) mass is 431 g/mol. The molecular formula is C20H21N3O4S2. The van der Waals surface area contributed by atoms with E-state index in [0.29, 0.717) is 29.3 Å². The van der Waals surface area contributed by atoms with Gasteiger partial charge in [-0.05, 0) is 36.6 Å². The maximum atomic E-state index is 12.9. The highest BCUT2D eigenvalue weighted by molar-refractivity contribution is 8.00. The Morgan fingerprint density at radius 2 is 2.03 bits per heavy atom. The summed E-state index contributed by atoms with van der Waals surface area (Å²) in [5, 5.41) is 13.6. The standard InChI is InChI=1S/C20H21N3O4S2/c1-26-15-6-7-16(27-2)18-12(15)9-23(10-14(18)24)19(25)21-11-4-5-13-17(8-11)29-20(22-13)28-3/h4-8,14,24H,9-10H2,1-3H3,(H,21,25)/t14-/m0/s1. The van der Waals surface area contributed by atoms with Crippen molar-refractivity contribution < 1.29 is 19.4 Å². The van der Waals surface area contributed by atoms with E-state index in [2.05, 4.69) is 10.3 Å². The molecule has 1 aliphatic rings. The van der Waals surface area contributed by atoms with Crippen LogP contribution in [0.4, 0.5) is 10.5 Å². The van der Waals surface area contributed by atoms with Gasteiger partial charge in [0.05, 0.1) is 37.5 Å². The van der Waals surface area contributed by atoms with Crippen LogP contribution in [0.3, 0.4) is 0 Å². The van der Waals surface area contributed by atoms with Crippen molar-refractivity contribution in [2.75, 3.05) is 32.3 Å². The lowest BCUT2D eigenvalue weighted by Crippen LogP contribution is -2.41. The molecule has 0 spiro atoms. The van der Waals surface area contributed by atoms with Gasteiger partial charge in [0.2, 0.25) is 0 Å².